The molecule has 0 aliphatic rings. The van der Waals surface area contributed by atoms with Gasteiger partial charge in [-0.1, -0.05) is 11.5 Å². The van der Waals surface area contributed by atoms with Crippen molar-refractivity contribution in [2.24, 2.45) is 0 Å². The highest BCUT2D eigenvalue weighted by atomic mass is 32.1. The van der Waals surface area contributed by atoms with Gasteiger partial charge in [-0.25, -0.2) is 13.2 Å². The maximum atomic E-state index is 12.9. The second-order valence-electron chi connectivity index (χ2n) is 2.39. The Hall–Kier alpha value is -1.30. The van der Waals surface area contributed by atoms with Gasteiger partial charge in [0.05, 0.1) is 4.70 Å². The highest BCUT2D eigenvalue weighted by Crippen LogP contribution is 2.23. The van der Waals surface area contributed by atoms with E-state index in [0.717, 1.165) is 0 Å². The summed E-state index contributed by atoms with van der Waals surface area (Å²) in [5, 5.41) is -0.553. The number of aromatic nitrogens is 1. The Kier molecular flexibility index (Phi) is 1.66. The van der Waals surface area contributed by atoms with Crippen molar-refractivity contribution in [2.75, 3.05) is 0 Å². The van der Waals surface area contributed by atoms with E-state index in [0.29, 0.717) is 17.6 Å². The predicted octanol–water partition coefficient (Wildman–Crippen LogP) is 2.01. The molecule has 1 aromatic carbocycles. The number of nitrogens with one attached hydrogen (secondary N) is 1. The molecule has 0 spiro atoms. The van der Waals surface area contributed by atoms with Crippen molar-refractivity contribution in [1.82, 2.24) is 4.37 Å². The fraction of sp³-hybridized carbons (Fsp3) is 0. The van der Waals surface area contributed by atoms with Gasteiger partial charge in [0.25, 0.3) is 5.56 Å². The van der Waals surface area contributed by atoms with E-state index in [1.165, 1.54) is 0 Å². The third kappa shape index (κ3) is 1.06. The van der Waals surface area contributed by atoms with Crippen LogP contribution >= 0.6 is 11.5 Å². The summed E-state index contributed by atoms with van der Waals surface area (Å²) >= 11 is 0.644. The van der Waals surface area contributed by atoms with E-state index in [1.807, 2.05) is 0 Å². The lowest BCUT2D eigenvalue weighted by molar-refractivity contribution is 0.506. The van der Waals surface area contributed by atoms with Crippen molar-refractivity contribution < 1.29 is 13.2 Å². The lowest BCUT2D eigenvalue weighted by Gasteiger charge is -1.93. The summed E-state index contributed by atoms with van der Waals surface area (Å²) in [6.07, 6.45) is 0. The van der Waals surface area contributed by atoms with Crippen molar-refractivity contribution in [3.8, 4) is 0 Å². The number of hydrogen-bond donors (Lipinski definition) is 1. The van der Waals surface area contributed by atoms with Crippen molar-refractivity contribution in [1.29, 1.82) is 0 Å². The summed E-state index contributed by atoms with van der Waals surface area (Å²) < 4.78 is 40.3. The molecule has 1 heterocycles. The average Bonchev–Trinajstić information content (AvgIpc) is 2.44. The van der Waals surface area contributed by atoms with Crippen LogP contribution in [0.5, 0.6) is 0 Å². The Morgan fingerprint density at radius 3 is 2.62 bits per heavy atom. The molecule has 0 unspecified atom stereocenters. The van der Waals surface area contributed by atoms with E-state index in [-0.39, 0.29) is 4.70 Å². The summed E-state index contributed by atoms with van der Waals surface area (Å²) in [4.78, 5) is 10.9. The fourth-order valence-electron chi connectivity index (χ4n) is 1.03. The van der Waals surface area contributed by atoms with Gasteiger partial charge in [0.1, 0.15) is 11.2 Å². The molecule has 0 radical (unpaired) electrons. The molecule has 0 saturated heterocycles. The van der Waals surface area contributed by atoms with Gasteiger partial charge in [-0.15, -0.1) is 0 Å². The monoisotopic (exact) mass is 205 g/mol. The molecule has 2 rings (SSSR count). The van der Waals surface area contributed by atoms with Crippen molar-refractivity contribution in [3.05, 3.63) is 33.9 Å². The highest BCUT2D eigenvalue weighted by Gasteiger charge is 2.16. The first-order valence-electron chi connectivity index (χ1n) is 3.26. The molecule has 1 N–H and O–H groups in total. The summed E-state index contributed by atoms with van der Waals surface area (Å²) in [6.45, 7) is 0. The standard InChI is InChI=1S/C7H2F3NOS/c8-2-1-3(9)6-4(5(2)10)7(12)11-13-6/h1H,(H,11,12). The number of halogens is 3. The van der Waals surface area contributed by atoms with E-state index in [4.69, 9.17) is 0 Å². The zero-order valence-electron chi connectivity index (χ0n) is 6.03. The molecule has 0 fully saturated rings. The smallest absolute Gasteiger partial charge is 0.269 e. The average molecular weight is 205 g/mol. The van der Waals surface area contributed by atoms with Crippen LogP contribution in [0.2, 0.25) is 0 Å². The van der Waals surface area contributed by atoms with Crippen LogP contribution in [0.1, 0.15) is 0 Å². The summed E-state index contributed by atoms with van der Waals surface area (Å²) in [7, 11) is 0. The molecule has 1 aromatic heterocycles. The van der Waals surface area contributed by atoms with Gasteiger partial charge < -0.3 is 0 Å². The normalized spacial score (nSPS) is 11.0. The van der Waals surface area contributed by atoms with Crippen LogP contribution in [0.15, 0.2) is 10.9 Å². The second-order valence-corrected chi connectivity index (χ2v) is 3.21. The van der Waals surface area contributed by atoms with E-state index in [9.17, 15) is 18.0 Å². The van der Waals surface area contributed by atoms with Crippen LogP contribution in [-0.4, -0.2) is 4.37 Å². The van der Waals surface area contributed by atoms with Crippen LogP contribution in [0.4, 0.5) is 13.2 Å². The van der Waals surface area contributed by atoms with Crippen molar-refractivity contribution >= 4 is 21.6 Å². The molecule has 6 heteroatoms. The van der Waals surface area contributed by atoms with Gasteiger partial charge in [0.15, 0.2) is 11.6 Å². The minimum Gasteiger partial charge on any atom is -0.277 e. The largest absolute Gasteiger partial charge is 0.277 e. The Morgan fingerprint density at radius 2 is 1.92 bits per heavy atom. The van der Waals surface area contributed by atoms with E-state index >= 15 is 0 Å². The number of fused-ring (bicyclic) bond motifs is 1. The minimum atomic E-state index is -1.35. The Bertz CT molecular complexity index is 530. The number of hydrogen-bond acceptors (Lipinski definition) is 2. The molecule has 0 saturated carbocycles. The molecule has 0 amide bonds. The first-order valence-corrected chi connectivity index (χ1v) is 4.07. The number of rotatable bonds is 0. The zero-order valence-corrected chi connectivity index (χ0v) is 6.84. The topological polar surface area (TPSA) is 32.9 Å². The van der Waals surface area contributed by atoms with Crippen LogP contribution in [0.3, 0.4) is 0 Å². The third-order valence-electron chi connectivity index (χ3n) is 1.60. The van der Waals surface area contributed by atoms with Gasteiger partial charge in [-0.2, -0.15) is 0 Å². The number of aromatic amines is 1. The maximum Gasteiger partial charge on any atom is 0.269 e. The summed E-state index contributed by atoms with van der Waals surface area (Å²) in [5.74, 6) is -3.59. The van der Waals surface area contributed by atoms with Gasteiger partial charge >= 0.3 is 0 Å². The SMILES string of the molecule is O=c1[nH]sc2c(F)cc(F)c(F)c12. The van der Waals surface area contributed by atoms with E-state index in [1.54, 1.807) is 0 Å². The molecule has 2 aromatic rings. The van der Waals surface area contributed by atoms with Gasteiger partial charge in [-0.3, -0.25) is 9.17 Å². The van der Waals surface area contributed by atoms with Crippen LogP contribution in [0.25, 0.3) is 10.1 Å². The molecule has 2 nitrogen and oxygen atoms in total. The molecule has 68 valence electrons. The molecule has 0 aliphatic heterocycles. The first-order chi connectivity index (χ1) is 6.11. The summed E-state index contributed by atoms with van der Waals surface area (Å²) in [5.41, 5.74) is -0.809. The minimum absolute atomic E-state index is 0.191. The second kappa shape index (κ2) is 2.59. The highest BCUT2D eigenvalue weighted by molar-refractivity contribution is 7.13. The Labute approximate surface area is 73.8 Å². The molecule has 0 atom stereocenters. The van der Waals surface area contributed by atoms with Gasteiger partial charge in [0, 0.05) is 6.07 Å². The van der Waals surface area contributed by atoms with Gasteiger partial charge in [-0.05, 0) is 0 Å². The quantitative estimate of drug-likeness (QED) is 0.655. The molecular formula is C7H2F3NOS. The fourth-order valence-corrected chi connectivity index (χ4v) is 1.77. The third-order valence-corrected chi connectivity index (χ3v) is 2.49. The lowest BCUT2D eigenvalue weighted by Crippen LogP contribution is -2.01. The Morgan fingerprint density at radius 1 is 1.23 bits per heavy atom. The summed E-state index contributed by atoms with van der Waals surface area (Å²) in [6, 6.07) is 0.418. The molecular weight excluding hydrogens is 203 g/mol. The van der Waals surface area contributed by atoms with E-state index in [2.05, 4.69) is 4.37 Å². The predicted molar refractivity (Wildman–Crippen MR) is 42.3 cm³/mol. The maximum absolute atomic E-state index is 12.9. The zero-order chi connectivity index (χ0) is 9.59. The molecule has 13 heavy (non-hydrogen) atoms. The van der Waals surface area contributed by atoms with Crippen LogP contribution in [0, 0.1) is 17.5 Å². The number of H-pyrrole nitrogens is 1. The number of benzene rings is 1. The van der Waals surface area contributed by atoms with Gasteiger partial charge in [0.2, 0.25) is 0 Å². The van der Waals surface area contributed by atoms with Crippen LogP contribution in [-0.2, 0) is 0 Å². The molecule has 0 bridgehead atoms. The molecule has 0 aliphatic carbocycles. The van der Waals surface area contributed by atoms with E-state index < -0.39 is 28.4 Å². The van der Waals surface area contributed by atoms with Crippen molar-refractivity contribution in [3.63, 3.8) is 0 Å². The van der Waals surface area contributed by atoms with Crippen molar-refractivity contribution in [2.45, 2.75) is 0 Å². The van der Waals surface area contributed by atoms with Crippen LogP contribution < -0.4 is 5.56 Å². The first kappa shape index (κ1) is 8.31. The Balaban J connectivity index is 3.09. The lowest BCUT2D eigenvalue weighted by atomic mass is 10.2.